The Hall–Kier alpha value is -1.79. The van der Waals surface area contributed by atoms with Crippen LogP contribution in [0.25, 0.3) is 0 Å². The number of ether oxygens (including phenoxy) is 3. The second kappa shape index (κ2) is 7.52. The van der Waals surface area contributed by atoms with Gasteiger partial charge in [-0.3, -0.25) is 0 Å². The number of hydrogen-bond donors (Lipinski definition) is 2. The van der Waals surface area contributed by atoms with E-state index in [2.05, 4.69) is 5.16 Å². The van der Waals surface area contributed by atoms with Crippen molar-refractivity contribution in [2.45, 2.75) is 6.61 Å². The monoisotopic (exact) mass is 254 g/mol. The fraction of sp³-hybridized carbons (Fsp3) is 0.417. The fourth-order valence-corrected chi connectivity index (χ4v) is 1.43. The summed E-state index contributed by atoms with van der Waals surface area (Å²) in [5.41, 5.74) is 7.02. The number of methoxy groups -OCH3 is 2. The van der Waals surface area contributed by atoms with E-state index >= 15 is 0 Å². The molecule has 0 aliphatic heterocycles. The summed E-state index contributed by atoms with van der Waals surface area (Å²) in [5, 5.41) is 11.7. The van der Waals surface area contributed by atoms with E-state index < -0.39 is 0 Å². The average molecular weight is 254 g/mol. The average Bonchev–Trinajstić information content (AvgIpc) is 2.42. The summed E-state index contributed by atoms with van der Waals surface area (Å²) in [7, 11) is 3.14. The number of nitrogens with zero attached hydrogens (tertiary/aromatic N) is 1. The lowest BCUT2D eigenvalue weighted by Gasteiger charge is -2.10. The van der Waals surface area contributed by atoms with Crippen LogP contribution in [0.5, 0.6) is 5.75 Å². The van der Waals surface area contributed by atoms with Crippen LogP contribution in [0.1, 0.15) is 11.1 Å². The Bertz CT molecular complexity index is 407. The van der Waals surface area contributed by atoms with Gasteiger partial charge in [0.05, 0.1) is 32.5 Å². The number of benzene rings is 1. The van der Waals surface area contributed by atoms with Gasteiger partial charge < -0.3 is 25.2 Å². The lowest BCUT2D eigenvalue weighted by atomic mass is 10.1. The maximum atomic E-state index is 8.70. The molecule has 100 valence electrons. The molecule has 0 radical (unpaired) electrons. The van der Waals surface area contributed by atoms with Crippen LogP contribution >= 0.6 is 0 Å². The summed E-state index contributed by atoms with van der Waals surface area (Å²) in [6.07, 6.45) is 0. The maximum Gasteiger partial charge on any atom is 0.173 e. The summed E-state index contributed by atoms with van der Waals surface area (Å²) in [6, 6.07) is 5.38. The van der Waals surface area contributed by atoms with Crippen LogP contribution in [0.2, 0.25) is 0 Å². The number of amidine groups is 1. The molecular weight excluding hydrogens is 236 g/mol. The molecule has 0 unspecified atom stereocenters. The molecule has 0 atom stereocenters. The molecule has 0 heterocycles. The molecule has 0 saturated heterocycles. The van der Waals surface area contributed by atoms with Gasteiger partial charge in [-0.1, -0.05) is 11.2 Å². The Morgan fingerprint density at radius 3 is 2.72 bits per heavy atom. The molecule has 0 fully saturated rings. The third-order valence-electron chi connectivity index (χ3n) is 2.35. The molecule has 18 heavy (non-hydrogen) atoms. The molecule has 0 amide bonds. The predicted molar refractivity (Wildman–Crippen MR) is 67.0 cm³/mol. The number of rotatable bonds is 7. The van der Waals surface area contributed by atoms with Crippen LogP contribution in [-0.4, -0.2) is 38.5 Å². The van der Waals surface area contributed by atoms with Crippen LogP contribution in [0, 0.1) is 0 Å². The van der Waals surface area contributed by atoms with Crippen LogP contribution in [0.4, 0.5) is 0 Å². The topological polar surface area (TPSA) is 86.3 Å². The minimum Gasteiger partial charge on any atom is -0.496 e. The largest absolute Gasteiger partial charge is 0.496 e. The highest BCUT2D eigenvalue weighted by atomic mass is 16.5. The Balaban J connectivity index is 2.76. The molecule has 6 nitrogen and oxygen atoms in total. The summed E-state index contributed by atoms with van der Waals surface area (Å²) in [6.45, 7) is 1.49. The normalized spacial score (nSPS) is 11.6. The predicted octanol–water partition coefficient (Wildman–Crippen LogP) is 0.953. The third-order valence-corrected chi connectivity index (χ3v) is 2.35. The SMILES string of the molecule is COCCOCc1ccc(OC)c(/C(N)=N/O)c1. The van der Waals surface area contributed by atoms with Gasteiger partial charge in [0.2, 0.25) is 0 Å². The van der Waals surface area contributed by atoms with Gasteiger partial charge in [0.15, 0.2) is 5.84 Å². The number of nitrogens with two attached hydrogens (primary N) is 1. The molecule has 1 rings (SSSR count). The molecule has 0 aromatic heterocycles. The van der Waals surface area contributed by atoms with Crippen molar-refractivity contribution in [3.63, 3.8) is 0 Å². The second-order valence-corrected chi connectivity index (χ2v) is 3.57. The van der Waals surface area contributed by atoms with Crippen LogP contribution in [0.3, 0.4) is 0 Å². The van der Waals surface area contributed by atoms with Gasteiger partial charge in [0, 0.05) is 7.11 Å². The van der Waals surface area contributed by atoms with Gasteiger partial charge in [-0.25, -0.2) is 0 Å². The Morgan fingerprint density at radius 2 is 2.11 bits per heavy atom. The molecule has 0 bridgehead atoms. The van der Waals surface area contributed by atoms with E-state index in [1.807, 2.05) is 6.07 Å². The van der Waals surface area contributed by atoms with E-state index in [0.29, 0.717) is 31.1 Å². The van der Waals surface area contributed by atoms with Crippen molar-refractivity contribution in [2.75, 3.05) is 27.4 Å². The molecule has 3 N–H and O–H groups in total. The molecule has 0 saturated carbocycles. The quantitative estimate of drug-likeness (QED) is 0.249. The first-order chi connectivity index (χ1) is 8.72. The smallest absolute Gasteiger partial charge is 0.173 e. The van der Waals surface area contributed by atoms with Crippen molar-refractivity contribution in [3.8, 4) is 5.75 Å². The number of hydrogen-bond acceptors (Lipinski definition) is 5. The molecule has 0 aliphatic rings. The zero-order valence-electron chi connectivity index (χ0n) is 10.5. The van der Waals surface area contributed by atoms with E-state index in [1.165, 1.54) is 7.11 Å². The number of oxime groups is 1. The summed E-state index contributed by atoms with van der Waals surface area (Å²) in [4.78, 5) is 0. The van der Waals surface area contributed by atoms with Gasteiger partial charge in [-0.2, -0.15) is 0 Å². The Kier molecular flexibility index (Phi) is 5.96. The van der Waals surface area contributed by atoms with Crippen molar-refractivity contribution in [1.29, 1.82) is 0 Å². The first kappa shape index (κ1) is 14.3. The van der Waals surface area contributed by atoms with Gasteiger partial charge in [-0.15, -0.1) is 0 Å². The van der Waals surface area contributed by atoms with E-state index in [0.717, 1.165) is 5.56 Å². The van der Waals surface area contributed by atoms with Crippen molar-refractivity contribution in [3.05, 3.63) is 29.3 Å². The molecule has 0 spiro atoms. The van der Waals surface area contributed by atoms with Crippen molar-refractivity contribution in [1.82, 2.24) is 0 Å². The highest BCUT2D eigenvalue weighted by Crippen LogP contribution is 2.20. The van der Waals surface area contributed by atoms with E-state index in [1.54, 1.807) is 19.2 Å². The van der Waals surface area contributed by atoms with Gasteiger partial charge in [0.1, 0.15) is 5.75 Å². The summed E-state index contributed by atoms with van der Waals surface area (Å²) < 4.78 is 15.4. The lowest BCUT2D eigenvalue weighted by Crippen LogP contribution is -2.15. The molecular formula is C12H18N2O4. The van der Waals surface area contributed by atoms with E-state index in [-0.39, 0.29) is 5.84 Å². The van der Waals surface area contributed by atoms with Gasteiger partial charge in [-0.05, 0) is 17.7 Å². The summed E-state index contributed by atoms with van der Waals surface area (Å²) in [5.74, 6) is 0.552. The van der Waals surface area contributed by atoms with Crippen LogP contribution in [0.15, 0.2) is 23.4 Å². The first-order valence-electron chi connectivity index (χ1n) is 5.44. The third kappa shape index (κ3) is 3.90. The van der Waals surface area contributed by atoms with Crippen molar-refractivity contribution < 1.29 is 19.4 Å². The minimum absolute atomic E-state index is 0.00518. The molecule has 6 heteroatoms. The highest BCUT2D eigenvalue weighted by molar-refractivity contribution is 5.99. The maximum absolute atomic E-state index is 8.70. The van der Waals surface area contributed by atoms with Gasteiger partial charge in [0.25, 0.3) is 0 Å². The zero-order valence-corrected chi connectivity index (χ0v) is 10.5. The second-order valence-electron chi connectivity index (χ2n) is 3.57. The Labute approximate surface area is 106 Å². The molecule has 1 aromatic rings. The van der Waals surface area contributed by atoms with Crippen molar-refractivity contribution >= 4 is 5.84 Å². The van der Waals surface area contributed by atoms with E-state index in [4.69, 9.17) is 25.2 Å². The zero-order chi connectivity index (χ0) is 13.4. The molecule has 1 aromatic carbocycles. The van der Waals surface area contributed by atoms with Gasteiger partial charge >= 0.3 is 0 Å². The van der Waals surface area contributed by atoms with E-state index in [9.17, 15) is 0 Å². The highest BCUT2D eigenvalue weighted by Gasteiger charge is 2.08. The van der Waals surface area contributed by atoms with Crippen LogP contribution < -0.4 is 10.5 Å². The Morgan fingerprint density at radius 1 is 1.33 bits per heavy atom. The fourth-order valence-electron chi connectivity index (χ4n) is 1.43. The minimum atomic E-state index is 0.00518. The van der Waals surface area contributed by atoms with Crippen molar-refractivity contribution in [2.24, 2.45) is 10.9 Å². The lowest BCUT2D eigenvalue weighted by molar-refractivity contribution is 0.0616. The summed E-state index contributed by atoms with van der Waals surface area (Å²) >= 11 is 0. The standard InChI is InChI=1S/C12H18N2O4/c1-16-5-6-18-8-9-3-4-11(17-2)10(7-9)12(13)14-15/h3-4,7,15H,5-6,8H2,1-2H3,(H2,13,14). The molecule has 0 aliphatic carbocycles. The van der Waals surface area contributed by atoms with Crippen LogP contribution in [-0.2, 0) is 16.1 Å². The first-order valence-corrected chi connectivity index (χ1v) is 5.44.